The van der Waals surface area contributed by atoms with E-state index in [4.69, 9.17) is 0 Å². The van der Waals surface area contributed by atoms with Gasteiger partial charge in [0.15, 0.2) is 9.84 Å². The molecule has 0 aromatic carbocycles. The Morgan fingerprint density at radius 3 is 2.80 bits per heavy atom. The Bertz CT molecular complexity index is 624. The van der Waals surface area contributed by atoms with Crippen LogP contribution in [-0.2, 0) is 16.4 Å². The first kappa shape index (κ1) is 15.0. The monoisotopic (exact) mass is 300 g/mol. The fourth-order valence-electron chi connectivity index (χ4n) is 2.17. The fourth-order valence-corrected chi connectivity index (χ4v) is 3.87. The van der Waals surface area contributed by atoms with E-state index in [0.29, 0.717) is 19.5 Å². The van der Waals surface area contributed by atoms with Crippen LogP contribution in [0.4, 0.5) is 5.69 Å². The van der Waals surface area contributed by atoms with Gasteiger partial charge in [-0.3, -0.25) is 4.79 Å². The SMILES string of the molecule is CN(C)c1cnn(CCNC2CCS(=O)(=O)C2)c(=O)c1. The van der Waals surface area contributed by atoms with Gasteiger partial charge in [-0.25, -0.2) is 13.1 Å². The zero-order valence-electron chi connectivity index (χ0n) is 11.7. The van der Waals surface area contributed by atoms with E-state index in [2.05, 4.69) is 10.4 Å². The van der Waals surface area contributed by atoms with E-state index in [-0.39, 0.29) is 23.1 Å². The van der Waals surface area contributed by atoms with Gasteiger partial charge in [0, 0.05) is 32.7 Å². The van der Waals surface area contributed by atoms with E-state index in [1.165, 1.54) is 10.7 Å². The van der Waals surface area contributed by atoms with Crippen molar-refractivity contribution in [3.05, 3.63) is 22.6 Å². The summed E-state index contributed by atoms with van der Waals surface area (Å²) < 4.78 is 24.0. The fraction of sp³-hybridized carbons (Fsp3) is 0.667. The molecule has 7 nitrogen and oxygen atoms in total. The Morgan fingerprint density at radius 2 is 2.25 bits per heavy atom. The molecule has 2 heterocycles. The molecule has 1 aliphatic heterocycles. The standard InChI is InChI=1S/C12H20N4O3S/c1-15(2)11-7-12(17)16(14-8-11)5-4-13-10-3-6-20(18,19)9-10/h7-8,10,13H,3-6,9H2,1-2H3. The molecule has 1 saturated heterocycles. The summed E-state index contributed by atoms with van der Waals surface area (Å²) in [5.41, 5.74) is 0.609. The zero-order chi connectivity index (χ0) is 14.8. The lowest BCUT2D eigenvalue weighted by molar-refractivity contribution is 0.487. The van der Waals surface area contributed by atoms with Crippen LogP contribution < -0.4 is 15.8 Å². The van der Waals surface area contributed by atoms with Crippen LogP contribution in [0.2, 0.25) is 0 Å². The molecular formula is C12H20N4O3S. The number of sulfone groups is 1. The van der Waals surface area contributed by atoms with E-state index >= 15 is 0 Å². The van der Waals surface area contributed by atoms with Crippen molar-refractivity contribution in [2.45, 2.75) is 19.0 Å². The van der Waals surface area contributed by atoms with Gasteiger partial charge in [0.2, 0.25) is 0 Å². The highest BCUT2D eigenvalue weighted by molar-refractivity contribution is 7.91. The third-order valence-corrected chi connectivity index (χ3v) is 5.13. The quantitative estimate of drug-likeness (QED) is 0.757. The first-order valence-electron chi connectivity index (χ1n) is 6.56. The summed E-state index contributed by atoms with van der Waals surface area (Å²) in [5.74, 6) is 0.440. The van der Waals surface area contributed by atoms with Crippen LogP contribution >= 0.6 is 0 Å². The molecule has 0 radical (unpaired) electrons. The van der Waals surface area contributed by atoms with E-state index in [0.717, 1.165) is 5.69 Å². The number of nitrogens with one attached hydrogen (secondary N) is 1. The zero-order valence-corrected chi connectivity index (χ0v) is 12.6. The number of nitrogens with zero attached hydrogens (tertiary/aromatic N) is 3. The molecule has 0 aliphatic carbocycles. The molecule has 8 heteroatoms. The predicted molar refractivity (Wildman–Crippen MR) is 77.9 cm³/mol. The van der Waals surface area contributed by atoms with E-state index in [1.54, 1.807) is 6.20 Å². The second kappa shape index (κ2) is 5.92. The number of hydrogen-bond donors (Lipinski definition) is 1. The molecule has 0 amide bonds. The van der Waals surface area contributed by atoms with Gasteiger partial charge in [0.25, 0.3) is 5.56 Å². The smallest absolute Gasteiger partial charge is 0.268 e. The van der Waals surface area contributed by atoms with E-state index in [1.807, 2.05) is 19.0 Å². The van der Waals surface area contributed by atoms with Crippen molar-refractivity contribution >= 4 is 15.5 Å². The Balaban J connectivity index is 1.87. The van der Waals surface area contributed by atoms with Gasteiger partial charge >= 0.3 is 0 Å². The summed E-state index contributed by atoms with van der Waals surface area (Å²) >= 11 is 0. The first-order valence-corrected chi connectivity index (χ1v) is 8.38. The molecule has 1 atom stereocenters. The summed E-state index contributed by atoms with van der Waals surface area (Å²) in [6, 6.07) is 1.53. The maximum absolute atomic E-state index is 11.8. The molecule has 1 fully saturated rings. The maximum atomic E-state index is 11.8. The first-order chi connectivity index (χ1) is 9.37. The second-order valence-electron chi connectivity index (χ2n) is 5.22. The normalized spacial score (nSPS) is 21.0. The lowest BCUT2D eigenvalue weighted by Crippen LogP contribution is -2.35. The highest BCUT2D eigenvalue weighted by Crippen LogP contribution is 2.10. The van der Waals surface area contributed by atoms with Gasteiger partial charge in [-0.15, -0.1) is 0 Å². The second-order valence-corrected chi connectivity index (χ2v) is 7.45. The lowest BCUT2D eigenvalue weighted by Gasteiger charge is -2.13. The van der Waals surface area contributed by atoms with Crippen molar-refractivity contribution in [3.63, 3.8) is 0 Å². The summed E-state index contributed by atoms with van der Waals surface area (Å²) in [4.78, 5) is 13.6. The predicted octanol–water partition coefficient (Wildman–Crippen LogP) is -0.914. The largest absolute Gasteiger partial charge is 0.376 e. The number of aromatic nitrogens is 2. The van der Waals surface area contributed by atoms with Crippen molar-refractivity contribution in [1.82, 2.24) is 15.1 Å². The average molecular weight is 300 g/mol. The van der Waals surface area contributed by atoms with Crippen LogP contribution in [0.25, 0.3) is 0 Å². The number of rotatable bonds is 5. The molecule has 20 heavy (non-hydrogen) atoms. The third-order valence-electron chi connectivity index (χ3n) is 3.36. The molecule has 1 unspecified atom stereocenters. The molecule has 1 aromatic heterocycles. The molecule has 112 valence electrons. The van der Waals surface area contributed by atoms with Crippen LogP contribution in [0.15, 0.2) is 17.1 Å². The van der Waals surface area contributed by atoms with Crippen molar-refractivity contribution in [2.24, 2.45) is 0 Å². The molecule has 0 bridgehead atoms. The topological polar surface area (TPSA) is 84.3 Å². The summed E-state index contributed by atoms with van der Waals surface area (Å²) in [7, 11) is 0.834. The molecule has 0 spiro atoms. The Morgan fingerprint density at radius 1 is 1.50 bits per heavy atom. The van der Waals surface area contributed by atoms with Crippen molar-refractivity contribution in [2.75, 3.05) is 37.0 Å². The summed E-state index contributed by atoms with van der Waals surface area (Å²) in [6.45, 7) is 0.970. The Kier molecular flexibility index (Phi) is 4.44. The van der Waals surface area contributed by atoms with Gasteiger partial charge in [0.1, 0.15) is 0 Å². The Labute approximate surface area is 118 Å². The van der Waals surface area contributed by atoms with Crippen LogP contribution in [0.1, 0.15) is 6.42 Å². The molecule has 1 aromatic rings. The van der Waals surface area contributed by atoms with Crippen LogP contribution in [0, 0.1) is 0 Å². The maximum Gasteiger partial charge on any atom is 0.268 e. The lowest BCUT2D eigenvalue weighted by atomic mass is 10.3. The minimum Gasteiger partial charge on any atom is -0.376 e. The highest BCUT2D eigenvalue weighted by atomic mass is 32.2. The number of anilines is 1. The highest BCUT2D eigenvalue weighted by Gasteiger charge is 2.27. The van der Waals surface area contributed by atoms with E-state index < -0.39 is 9.84 Å². The van der Waals surface area contributed by atoms with Crippen molar-refractivity contribution in [1.29, 1.82) is 0 Å². The van der Waals surface area contributed by atoms with Gasteiger partial charge in [-0.1, -0.05) is 0 Å². The molecule has 1 aliphatic rings. The molecular weight excluding hydrogens is 280 g/mol. The molecule has 2 rings (SSSR count). The van der Waals surface area contributed by atoms with E-state index in [9.17, 15) is 13.2 Å². The third kappa shape index (κ3) is 3.80. The molecule has 0 saturated carbocycles. The molecule has 1 N–H and O–H groups in total. The van der Waals surface area contributed by atoms with Crippen LogP contribution in [0.3, 0.4) is 0 Å². The summed E-state index contributed by atoms with van der Waals surface area (Å²) in [6.07, 6.45) is 2.28. The van der Waals surface area contributed by atoms with Gasteiger partial charge in [-0.2, -0.15) is 5.10 Å². The van der Waals surface area contributed by atoms with Gasteiger partial charge in [-0.05, 0) is 6.42 Å². The van der Waals surface area contributed by atoms with Crippen molar-refractivity contribution < 1.29 is 8.42 Å². The van der Waals surface area contributed by atoms with Crippen LogP contribution in [0.5, 0.6) is 0 Å². The minimum absolute atomic E-state index is 0.00301. The minimum atomic E-state index is -2.87. The van der Waals surface area contributed by atoms with Crippen molar-refractivity contribution in [3.8, 4) is 0 Å². The number of hydrogen-bond acceptors (Lipinski definition) is 6. The summed E-state index contributed by atoms with van der Waals surface area (Å²) in [5, 5.41) is 7.26. The van der Waals surface area contributed by atoms with Crippen LogP contribution in [-0.4, -0.2) is 56.4 Å². The van der Waals surface area contributed by atoms with Gasteiger partial charge < -0.3 is 10.2 Å². The average Bonchev–Trinajstić information content (AvgIpc) is 2.70. The Hall–Kier alpha value is -1.41. The van der Waals surface area contributed by atoms with Gasteiger partial charge in [0.05, 0.1) is 29.9 Å².